The van der Waals surface area contributed by atoms with Gasteiger partial charge in [-0.15, -0.1) is 11.3 Å². The van der Waals surface area contributed by atoms with Crippen LogP contribution in [-0.4, -0.2) is 28.4 Å². The van der Waals surface area contributed by atoms with E-state index < -0.39 is 0 Å². The van der Waals surface area contributed by atoms with Crippen LogP contribution in [0.3, 0.4) is 0 Å². The number of hydrogen-bond acceptors (Lipinski definition) is 6. The van der Waals surface area contributed by atoms with Crippen LogP contribution < -0.4 is 20.9 Å². The maximum atomic E-state index is 12.4. The number of aromatic amines is 1. The average molecular weight is 426 g/mol. The number of benzene rings is 1. The molecule has 0 fully saturated rings. The van der Waals surface area contributed by atoms with Gasteiger partial charge in [-0.1, -0.05) is 6.07 Å². The van der Waals surface area contributed by atoms with E-state index in [2.05, 4.69) is 20.6 Å². The number of rotatable bonds is 5. The number of fused-ring (bicyclic) bond motifs is 2. The van der Waals surface area contributed by atoms with Gasteiger partial charge in [-0.25, -0.2) is 4.98 Å². The third-order valence-corrected chi connectivity index (χ3v) is 6.29. The molecule has 1 aliphatic rings. The number of aryl methyl sites for hydroxylation is 3. The van der Waals surface area contributed by atoms with E-state index in [-0.39, 0.29) is 36.4 Å². The first kappa shape index (κ1) is 20.1. The lowest BCUT2D eigenvalue weighted by atomic mass is 10.1. The topological polar surface area (TPSA) is 113 Å². The van der Waals surface area contributed by atoms with Crippen molar-refractivity contribution in [3.8, 4) is 5.75 Å². The number of nitrogens with one attached hydrogen (secondary N) is 3. The molecule has 2 aromatic heterocycles. The lowest BCUT2D eigenvalue weighted by molar-refractivity contribution is -0.121. The van der Waals surface area contributed by atoms with Crippen LogP contribution in [0.5, 0.6) is 5.75 Å². The third kappa shape index (κ3) is 3.93. The van der Waals surface area contributed by atoms with Crippen molar-refractivity contribution < 1.29 is 14.3 Å². The molecule has 2 amide bonds. The Hall–Kier alpha value is -3.20. The number of aromatic nitrogens is 2. The van der Waals surface area contributed by atoms with Gasteiger partial charge in [0.2, 0.25) is 5.91 Å². The van der Waals surface area contributed by atoms with Crippen LogP contribution >= 0.6 is 11.3 Å². The number of H-pyrrole nitrogens is 1. The number of thiophene rings is 1. The highest BCUT2D eigenvalue weighted by Crippen LogP contribution is 2.30. The number of carbonyl (C=O) groups is 2. The highest BCUT2D eigenvalue weighted by atomic mass is 32.1. The maximum absolute atomic E-state index is 12.4. The van der Waals surface area contributed by atoms with Crippen LogP contribution in [0.25, 0.3) is 10.2 Å². The molecule has 3 heterocycles. The van der Waals surface area contributed by atoms with Crippen molar-refractivity contribution in [1.82, 2.24) is 15.3 Å². The Labute approximate surface area is 176 Å². The lowest BCUT2D eigenvalue weighted by Crippen LogP contribution is -2.28. The first-order valence-electron chi connectivity index (χ1n) is 9.66. The van der Waals surface area contributed by atoms with Crippen LogP contribution in [0.1, 0.15) is 41.2 Å². The Morgan fingerprint density at radius 3 is 2.93 bits per heavy atom. The van der Waals surface area contributed by atoms with E-state index in [1.807, 2.05) is 26.8 Å². The second-order valence-electron chi connectivity index (χ2n) is 7.36. The molecule has 1 unspecified atom stereocenters. The molecule has 1 atom stereocenters. The number of amides is 2. The summed E-state index contributed by atoms with van der Waals surface area (Å²) in [6.45, 7) is 5.76. The van der Waals surface area contributed by atoms with Crippen molar-refractivity contribution >= 4 is 39.1 Å². The fraction of sp³-hybridized carbons (Fsp3) is 0.333. The van der Waals surface area contributed by atoms with Gasteiger partial charge < -0.3 is 20.4 Å². The molecule has 30 heavy (non-hydrogen) atoms. The van der Waals surface area contributed by atoms with Gasteiger partial charge in [-0.05, 0) is 44.0 Å². The summed E-state index contributed by atoms with van der Waals surface area (Å²) in [5.41, 5.74) is 2.24. The smallest absolute Gasteiger partial charge is 0.262 e. The van der Waals surface area contributed by atoms with Crippen LogP contribution in [0.15, 0.2) is 23.0 Å². The van der Waals surface area contributed by atoms with Gasteiger partial charge in [0.25, 0.3) is 11.5 Å². The number of carbonyl (C=O) groups excluding carboxylic acids is 2. The quantitative estimate of drug-likeness (QED) is 0.581. The van der Waals surface area contributed by atoms with Crippen molar-refractivity contribution in [2.75, 3.05) is 11.9 Å². The standard InChI is InChI=1S/C21H22N4O4S/c1-10-12(3)30-21-19(10)20(28)24-16(25-21)6-7-17(26)22-11(2)13-4-5-15-14(8-13)23-18(27)9-29-15/h4-5,8,11H,6-7,9H2,1-3H3,(H,22,26)(H,23,27)(H,24,25,28). The predicted molar refractivity (Wildman–Crippen MR) is 115 cm³/mol. The molecule has 3 N–H and O–H groups in total. The summed E-state index contributed by atoms with van der Waals surface area (Å²) in [5.74, 6) is 0.763. The molecular weight excluding hydrogens is 404 g/mol. The van der Waals surface area contributed by atoms with Crippen LogP contribution in [0.2, 0.25) is 0 Å². The highest BCUT2D eigenvalue weighted by molar-refractivity contribution is 7.18. The first-order valence-corrected chi connectivity index (χ1v) is 10.5. The molecular formula is C21H22N4O4S. The summed E-state index contributed by atoms with van der Waals surface area (Å²) < 4.78 is 5.35. The second kappa shape index (κ2) is 7.91. The third-order valence-electron chi connectivity index (χ3n) is 5.19. The normalized spacial score (nSPS) is 14.0. The zero-order valence-electron chi connectivity index (χ0n) is 16.9. The molecule has 4 rings (SSSR count). The van der Waals surface area contributed by atoms with Gasteiger partial charge in [0.05, 0.1) is 17.1 Å². The highest BCUT2D eigenvalue weighted by Gasteiger charge is 2.18. The molecule has 0 bridgehead atoms. The Morgan fingerprint density at radius 1 is 1.33 bits per heavy atom. The molecule has 156 valence electrons. The van der Waals surface area contributed by atoms with Crippen molar-refractivity contribution in [2.24, 2.45) is 0 Å². The Bertz CT molecular complexity index is 1210. The molecule has 0 spiro atoms. The number of anilines is 1. The van der Waals surface area contributed by atoms with Gasteiger partial charge in [0, 0.05) is 17.7 Å². The maximum Gasteiger partial charge on any atom is 0.262 e. The average Bonchev–Trinajstić information content (AvgIpc) is 2.99. The lowest BCUT2D eigenvalue weighted by Gasteiger charge is -2.21. The van der Waals surface area contributed by atoms with E-state index in [4.69, 9.17) is 4.74 Å². The fourth-order valence-corrected chi connectivity index (χ4v) is 4.47. The zero-order chi connectivity index (χ0) is 21.4. The summed E-state index contributed by atoms with van der Waals surface area (Å²) in [4.78, 5) is 45.3. The van der Waals surface area contributed by atoms with Gasteiger partial charge in [-0.3, -0.25) is 14.4 Å². The van der Waals surface area contributed by atoms with E-state index in [0.717, 1.165) is 16.0 Å². The minimum absolute atomic E-state index is 0.00512. The fourth-order valence-electron chi connectivity index (χ4n) is 3.42. The van der Waals surface area contributed by atoms with Gasteiger partial charge in [-0.2, -0.15) is 0 Å². The molecule has 1 aliphatic heterocycles. The van der Waals surface area contributed by atoms with E-state index in [9.17, 15) is 14.4 Å². The predicted octanol–water partition coefficient (Wildman–Crippen LogP) is 2.74. The number of ether oxygens (including phenoxy) is 1. The molecule has 9 heteroatoms. The Balaban J connectivity index is 1.40. The zero-order valence-corrected chi connectivity index (χ0v) is 17.7. The number of hydrogen-bond donors (Lipinski definition) is 3. The van der Waals surface area contributed by atoms with Crippen molar-refractivity contribution in [3.63, 3.8) is 0 Å². The van der Waals surface area contributed by atoms with Crippen molar-refractivity contribution in [3.05, 3.63) is 50.4 Å². The van der Waals surface area contributed by atoms with Crippen molar-refractivity contribution in [2.45, 2.75) is 39.7 Å². The minimum atomic E-state index is -0.251. The summed E-state index contributed by atoms with van der Waals surface area (Å²) in [7, 11) is 0. The summed E-state index contributed by atoms with van der Waals surface area (Å²) in [6.07, 6.45) is 0.542. The number of nitrogens with zero attached hydrogens (tertiary/aromatic N) is 1. The van der Waals surface area contributed by atoms with Gasteiger partial charge >= 0.3 is 0 Å². The Morgan fingerprint density at radius 2 is 2.13 bits per heavy atom. The van der Waals surface area contributed by atoms with Crippen LogP contribution in [0, 0.1) is 13.8 Å². The molecule has 0 aliphatic carbocycles. The van der Waals surface area contributed by atoms with Gasteiger partial charge in [0.1, 0.15) is 16.4 Å². The molecule has 0 radical (unpaired) electrons. The van der Waals surface area contributed by atoms with Crippen molar-refractivity contribution in [1.29, 1.82) is 0 Å². The molecule has 0 saturated carbocycles. The van der Waals surface area contributed by atoms with Crippen LogP contribution in [-0.2, 0) is 16.0 Å². The van der Waals surface area contributed by atoms with E-state index in [1.54, 1.807) is 12.1 Å². The van der Waals surface area contributed by atoms with E-state index in [1.165, 1.54) is 11.3 Å². The minimum Gasteiger partial charge on any atom is -0.482 e. The first-order chi connectivity index (χ1) is 14.3. The second-order valence-corrected chi connectivity index (χ2v) is 8.56. The molecule has 1 aromatic carbocycles. The molecule has 8 nitrogen and oxygen atoms in total. The molecule has 0 saturated heterocycles. The summed E-state index contributed by atoms with van der Waals surface area (Å²) >= 11 is 1.49. The summed E-state index contributed by atoms with van der Waals surface area (Å²) in [6, 6.07) is 5.18. The van der Waals surface area contributed by atoms with Gasteiger partial charge in [0.15, 0.2) is 6.61 Å². The Kier molecular flexibility index (Phi) is 5.29. The monoisotopic (exact) mass is 426 g/mol. The van der Waals surface area contributed by atoms with Crippen LogP contribution in [0.4, 0.5) is 5.69 Å². The van der Waals surface area contributed by atoms with E-state index in [0.29, 0.717) is 33.9 Å². The summed E-state index contributed by atoms with van der Waals surface area (Å²) in [5, 5.41) is 6.33. The molecule has 3 aromatic rings. The largest absolute Gasteiger partial charge is 0.482 e. The van der Waals surface area contributed by atoms with E-state index >= 15 is 0 Å². The SMILES string of the molecule is Cc1sc2nc(CCC(=O)NC(C)c3ccc4c(c3)NC(=O)CO4)[nH]c(=O)c2c1C.